The van der Waals surface area contributed by atoms with Gasteiger partial charge in [0, 0.05) is 11.5 Å². The van der Waals surface area contributed by atoms with Crippen molar-refractivity contribution in [1.82, 2.24) is 0 Å². The minimum atomic E-state index is -0.0764. The zero-order chi connectivity index (χ0) is 11.0. The Balaban J connectivity index is 0.00000128. The van der Waals surface area contributed by atoms with Crippen LogP contribution in [0.5, 0.6) is 11.5 Å². The molecule has 0 aliphatic rings. The Morgan fingerprint density at radius 2 is 1.69 bits per heavy atom. The van der Waals surface area contributed by atoms with Gasteiger partial charge in [-0.1, -0.05) is 6.07 Å². The van der Waals surface area contributed by atoms with Gasteiger partial charge in [-0.15, -0.1) is 0 Å². The third-order valence-electron chi connectivity index (χ3n) is 2.55. The van der Waals surface area contributed by atoms with Crippen molar-refractivity contribution in [3.05, 3.63) is 30.3 Å². The molecule has 0 unspecified atom stereocenters. The van der Waals surface area contributed by atoms with Crippen LogP contribution in [0.1, 0.15) is 0 Å². The van der Waals surface area contributed by atoms with Crippen LogP contribution < -0.4 is 17.3 Å². The standard InChI is InChI=1S/C12H13NO2.ClH/c1-13(2)9-4-5-10-8(7-9)3-6-11(14)12(10)15;/h3-7,14-15H,1-2H3;1H. The molecule has 0 aromatic heterocycles. The van der Waals surface area contributed by atoms with E-state index in [2.05, 4.69) is 0 Å². The molecule has 0 saturated heterocycles. The van der Waals surface area contributed by atoms with E-state index in [4.69, 9.17) is 0 Å². The molecule has 3 nitrogen and oxygen atoms in total. The van der Waals surface area contributed by atoms with Crippen molar-refractivity contribution >= 4 is 16.5 Å². The molecule has 3 N–H and O–H groups in total. The number of phenols is 2. The molecule has 2 rings (SSSR count). The summed E-state index contributed by atoms with van der Waals surface area (Å²) in [6.45, 7) is 0. The first kappa shape index (κ1) is 12.6. The third-order valence-corrected chi connectivity index (χ3v) is 2.55. The van der Waals surface area contributed by atoms with Crippen LogP contribution in [0.3, 0.4) is 0 Å². The lowest BCUT2D eigenvalue weighted by Gasteiger charge is -2.08. The molecular weight excluding hydrogens is 226 g/mol. The maximum absolute atomic E-state index is 9.63. The number of hydrogen-bond donors (Lipinski definition) is 3. The first-order chi connectivity index (χ1) is 7.09. The van der Waals surface area contributed by atoms with Gasteiger partial charge >= 0.3 is 0 Å². The van der Waals surface area contributed by atoms with Crippen LogP contribution in [0.15, 0.2) is 30.3 Å². The lowest BCUT2D eigenvalue weighted by molar-refractivity contribution is -0.786. The van der Waals surface area contributed by atoms with E-state index >= 15 is 0 Å². The van der Waals surface area contributed by atoms with Crippen molar-refractivity contribution in [2.45, 2.75) is 0 Å². The van der Waals surface area contributed by atoms with E-state index in [1.54, 1.807) is 6.07 Å². The van der Waals surface area contributed by atoms with Crippen LogP contribution in [-0.4, -0.2) is 24.3 Å². The second kappa shape index (κ2) is 4.60. The van der Waals surface area contributed by atoms with Gasteiger partial charge in [-0.25, -0.2) is 0 Å². The van der Waals surface area contributed by atoms with Crippen molar-refractivity contribution < 1.29 is 27.5 Å². The number of halogens is 1. The largest absolute Gasteiger partial charge is 1.00 e. The first-order valence-corrected chi connectivity index (χ1v) is 4.85. The van der Waals surface area contributed by atoms with Crippen LogP contribution in [-0.2, 0) is 0 Å². The lowest BCUT2D eigenvalue weighted by atomic mass is 10.1. The second-order valence-electron chi connectivity index (χ2n) is 3.87. The van der Waals surface area contributed by atoms with Gasteiger partial charge in [0.15, 0.2) is 11.5 Å². The summed E-state index contributed by atoms with van der Waals surface area (Å²) in [5.74, 6) is -0.125. The highest BCUT2D eigenvalue weighted by Gasteiger charge is 2.07. The maximum atomic E-state index is 9.63. The van der Waals surface area contributed by atoms with Gasteiger partial charge in [-0.3, -0.25) is 0 Å². The average molecular weight is 240 g/mol. The van der Waals surface area contributed by atoms with Crippen molar-refractivity contribution in [3.63, 3.8) is 0 Å². The summed E-state index contributed by atoms with van der Waals surface area (Å²) in [6, 6.07) is 9.08. The molecule has 4 heteroatoms. The molecule has 2 aromatic carbocycles. The predicted molar refractivity (Wildman–Crippen MR) is 59.7 cm³/mol. The zero-order valence-corrected chi connectivity index (χ0v) is 9.92. The van der Waals surface area contributed by atoms with Gasteiger partial charge in [0.2, 0.25) is 0 Å². The Morgan fingerprint density at radius 3 is 2.31 bits per heavy atom. The van der Waals surface area contributed by atoms with E-state index < -0.39 is 0 Å². The summed E-state index contributed by atoms with van der Waals surface area (Å²) in [6.07, 6.45) is 0. The highest BCUT2D eigenvalue weighted by Crippen LogP contribution is 2.33. The average Bonchev–Trinajstić information content (AvgIpc) is 2.23. The van der Waals surface area contributed by atoms with Crippen molar-refractivity contribution in [2.24, 2.45) is 0 Å². The second-order valence-corrected chi connectivity index (χ2v) is 3.87. The van der Waals surface area contributed by atoms with E-state index in [9.17, 15) is 10.2 Å². The molecule has 0 amide bonds. The minimum absolute atomic E-state index is 0. The van der Waals surface area contributed by atoms with Crippen LogP contribution in [0.25, 0.3) is 10.8 Å². The summed E-state index contributed by atoms with van der Waals surface area (Å²) < 4.78 is 0. The van der Waals surface area contributed by atoms with Gasteiger partial charge in [0.1, 0.15) is 5.69 Å². The van der Waals surface area contributed by atoms with Crippen LogP contribution in [0, 0.1) is 0 Å². The van der Waals surface area contributed by atoms with Gasteiger partial charge in [0.05, 0.1) is 14.1 Å². The molecule has 0 aliphatic carbocycles. The Hall–Kier alpha value is -1.45. The van der Waals surface area contributed by atoms with E-state index in [-0.39, 0.29) is 23.9 Å². The number of fused-ring (bicyclic) bond motifs is 1. The smallest absolute Gasteiger partial charge is 0.165 e. The Morgan fingerprint density at radius 1 is 1.00 bits per heavy atom. The van der Waals surface area contributed by atoms with E-state index in [1.807, 2.05) is 32.3 Å². The monoisotopic (exact) mass is 239 g/mol. The number of quaternary nitrogens is 1. The molecule has 0 radical (unpaired) electrons. The fraction of sp³-hybridized carbons (Fsp3) is 0.167. The zero-order valence-electron chi connectivity index (χ0n) is 9.16. The highest BCUT2D eigenvalue weighted by molar-refractivity contribution is 5.91. The number of aromatic hydroxyl groups is 2. The molecule has 86 valence electrons. The number of hydrogen-bond acceptors (Lipinski definition) is 2. The molecule has 0 aliphatic heterocycles. The van der Waals surface area contributed by atoms with Gasteiger partial charge in [-0.2, -0.15) is 0 Å². The topological polar surface area (TPSA) is 44.9 Å². The fourth-order valence-corrected chi connectivity index (χ4v) is 1.61. The van der Waals surface area contributed by atoms with Crippen molar-refractivity contribution in [1.29, 1.82) is 0 Å². The van der Waals surface area contributed by atoms with Gasteiger partial charge in [-0.05, 0) is 23.6 Å². The Kier molecular flexibility index (Phi) is 3.62. The maximum Gasteiger partial charge on any atom is 0.165 e. The van der Waals surface area contributed by atoms with Crippen molar-refractivity contribution in [2.75, 3.05) is 14.1 Å². The molecule has 0 saturated carbocycles. The molecule has 0 fully saturated rings. The number of rotatable bonds is 1. The quantitative estimate of drug-likeness (QED) is 0.506. The number of nitrogens with one attached hydrogen (secondary N) is 1. The molecule has 0 bridgehead atoms. The van der Waals surface area contributed by atoms with E-state index in [1.165, 1.54) is 11.0 Å². The van der Waals surface area contributed by atoms with E-state index in [0.29, 0.717) is 5.39 Å². The number of phenolic OH excluding ortho intramolecular Hbond substituents is 2. The minimum Gasteiger partial charge on any atom is -1.00 e. The third kappa shape index (κ3) is 2.05. The van der Waals surface area contributed by atoms with Crippen LogP contribution >= 0.6 is 0 Å². The van der Waals surface area contributed by atoms with Crippen LogP contribution in [0.2, 0.25) is 0 Å². The summed E-state index contributed by atoms with van der Waals surface area (Å²) >= 11 is 0. The first-order valence-electron chi connectivity index (χ1n) is 4.85. The molecular formula is C12H14ClNO2. The molecule has 0 heterocycles. The predicted octanol–water partition coefficient (Wildman–Crippen LogP) is -1.97. The Labute approximate surface area is 100 Å². The van der Waals surface area contributed by atoms with Gasteiger partial charge in [0.25, 0.3) is 0 Å². The number of benzene rings is 2. The highest BCUT2D eigenvalue weighted by atomic mass is 35.5. The normalized spacial score (nSPS) is 10.4. The molecule has 0 atom stereocenters. The molecule has 2 aromatic rings. The molecule has 0 spiro atoms. The fourth-order valence-electron chi connectivity index (χ4n) is 1.61. The van der Waals surface area contributed by atoms with Crippen LogP contribution in [0.4, 0.5) is 5.69 Å². The van der Waals surface area contributed by atoms with Crippen molar-refractivity contribution in [3.8, 4) is 11.5 Å². The Bertz CT molecular complexity index is 512. The summed E-state index contributed by atoms with van der Waals surface area (Å²) in [5.41, 5.74) is 1.15. The lowest BCUT2D eigenvalue weighted by Crippen LogP contribution is -3.00. The summed E-state index contributed by atoms with van der Waals surface area (Å²) in [5, 5.41) is 20.6. The molecule has 16 heavy (non-hydrogen) atoms. The summed E-state index contributed by atoms with van der Waals surface area (Å²) in [4.78, 5) is 1.23. The SMILES string of the molecule is C[NH+](C)c1ccc2c(O)c(O)ccc2c1.[Cl-]. The van der Waals surface area contributed by atoms with E-state index in [0.717, 1.165) is 11.1 Å². The summed E-state index contributed by atoms with van der Waals surface area (Å²) in [7, 11) is 4.09. The van der Waals surface area contributed by atoms with Gasteiger partial charge < -0.3 is 27.5 Å².